The van der Waals surface area contributed by atoms with E-state index in [0.29, 0.717) is 32.1 Å². The van der Waals surface area contributed by atoms with Gasteiger partial charge in [0.05, 0.1) is 29.2 Å². The third kappa shape index (κ3) is 5.50. The van der Waals surface area contributed by atoms with Crippen LogP contribution in [0.25, 0.3) is 11.5 Å². The summed E-state index contributed by atoms with van der Waals surface area (Å²) in [5.74, 6) is -0.398. The Hall–Kier alpha value is -3.48. The summed E-state index contributed by atoms with van der Waals surface area (Å²) in [6.45, 7) is 7.62. The minimum absolute atomic E-state index is 0.00558. The van der Waals surface area contributed by atoms with E-state index in [1.807, 2.05) is 20.8 Å². The number of H-pyrrole nitrogens is 1. The molecule has 1 unspecified atom stereocenters. The molecule has 0 spiro atoms. The Labute approximate surface area is 220 Å². The lowest BCUT2D eigenvalue weighted by atomic mass is 9.92. The largest absolute Gasteiger partial charge is 0.343 e. The third-order valence-electron chi connectivity index (χ3n) is 4.87. The average molecular weight is 546 g/mol. The van der Waals surface area contributed by atoms with Crippen molar-refractivity contribution in [1.82, 2.24) is 40.2 Å². The van der Waals surface area contributed by atoms with E-state index in [0.717, 1.165) is 11.3 Å². The second-order valence-corrected chi connectivity index (χ2v) is 10.5. The topological polar surface area (TPSA) is 151 Å². The number of nitrogens with one attached hydrogen (secondary N) is 3. The van der Waals surface area contributed by atoms with Crippen molar-refractivity contribution in [2.75, 3.05) is 5.32 Å². The monoisotopic (exact) mass is 545 g/mol. The van der Waals surface area contributed by atoms with Gasteiger partial charge in [0.15, 0.2) is 11.5 Å². The van der Waals surface area contributed by atoms with Gasteiger partial charge in [0, 0.05) is 17.8 Å². The van der Waals surface area contributed by atoms with Crippen molar-refractivity contribution in [3.63, 3.8) is 0 Å². The fourth-order valence-electron chi connectivity index (χ4n) is 3.12. The molecule has 0 bridgehead atoms. The van der Waals surface area contributed by atoms with Crippen LogP contribution < -0.4 is 10.6 Å². The van der Waals surface area contributed by atoms with Crippen LogP contribution in [-0.2, 0) is 5.41 Å². The Bertz CT molecular complexity index is 1420. The molecule has 0 aromatic carbocycles. The average Bonchev–Trinajstić information content (AvgIpc) is 3.52. The lowest BCUT2D eigenvalue weighted by Crippen LogP contribution is -2.28. The molecule has 3 N–H and O–H groups in total. The molecule has 0 aliphatic carbocycles. The first-order valence-electron chi connectivity index (χ1n) is 10.7. The summed E-state index contributed by atoms with van der Waals surface area (Å²) >= 11 is 13.7. The fraction of sp³-hybridized carbons (Fsp3) is 0.273. The number of carbonyl (C=O) groups excluding carboxylic acids is 2. The van der Waals surface area contributed by atoms with Crippen LogP contribution in [0.1, 0.15) is 64.6 Å². The van der Waals surface area contributed by atoms with Gasteiger partial charge in [-0.2, -0.15) is 0 Å². The first-order valence-corrected chi connectivity index (χ1v) is 12.2. The number of carbonyl (C=O) groups is 2. The molecule has 4 rings (SSSR count). The molecule has 4 aromatic rings. The Morgan fingerprint density at radius 2 is 1.83 bits per heavy atom. The molecule has 0 saturated heterocycles. The van der Waals surface area contributed by atoms with Gasteiger partial charge in [-0.1, -0.05) is 44.0 Å². The highest BCUT2D eigenvalue weighted by atomic mass is 35.5. The number of amides is 2. The predicted octanol–water partition coefficient (Wildman–Crippen LogP) is 4.46. The number of imidazole rings is 1. The van der Waals surface area contributed by atoms with E-state index >= 15 is 0 Å². The van der Waals surface area contributed by atoms with Gasteiger partial charge in [-0.05, 0) is 6.92 Å². The number of hydrogen-bond donors (Lipinski definition) is 3. The standard InChI is InChI=1S/C22H21Cl2N9O2S/c1-10(31-19(35)15-13(24)14(29-9-30-15)17-25-5-6-26-17)20-27-8-12(36-20)18(34)33-21-28-7-11(23)16(32-21)22(2,3)4/h5-10H,1-4H3,(H,25,26)(H,31,35)(H,28,32,33,34). The number of nitrogens with zero attached hydrogens (tertiary/aromatic N) is 6. The molecule has 0 aliphatic rings. The van der Waals surface area contributed by atoms with Crippen molar-refractivity contribution in [2.45, 2.75) is 39.2 Å². The van der Waals surface area contributed by atoms with Crippen molar-refractivity contribution >= 4 is 52.3 Å². The first kappa shape index (κ1) is 25.6. The van der Waals surface area contributed by atoms with E-state index in [9.17, 15) is 9.59 Å². The van der Waals surface area contributed by atoms with Gasteiger partial charge in [-0.15, -0.1) is 11.3 Å². The number of anilines is 1. The highest BCUT2D eigenvalue weighted by Crippen LogP contribution is 2.29. The number of rotatable bonds is 6. The summed E-state index contributed by atoms with van der Waals surface area (Å²) in [6, 6.07) is -0.526. The van der Waals surface area contributed by atoms with Crippen molar-refractivity contribution in [2.24, 2.45) is 0 Å². The Morgan fingerprint density at radius 1 is 1.06 bits per heavy atom. The summed E-state index contributed by atoms with van der Waals surface area (Å²) in [5.41, 5.74) is 0.598. The summed E-state index contributed by atoms with van der Waals surface area (Å²) in [4.78, 5) is 53.8. The zero-order valence-corrected chi connectivity index (χ0v) is 22.0. The molecular formula is C22H21Cl2N9O2S. The molecule has 0 radical (unpaired) electrons. The summed E-state index contributed by atoms with van der Waals surface area (Å²) in [7, 11) is 0. The highest BCUT2D eigenvalue weighted by Gasteiger charge is 2.24. The number of hydrogen-bond acceptors (Lipinski definition) is 9. The van der Waals surface area contributed by atoms with Gasteiger partial charge in [0.1, 0.15) is 26.9 Å². The second-order valence-electron chi connectivity index (χ2n) is 8.67. The van der Waals surface area contributed by atoms with Crippen LogP contribution in [0.5, 0.6) is 0 Å². The Morgan fingerprint density at radius 3 is 2.53 bits per heavy atom. The molecule has 4 aromatic heterocycles. The van der Waals surface area contributed by atoms with Crippen LogP contribution in [0, 0.1) is 0 Å². The fourth-order valence-corrected chi connectivity index (χ4v) is 4.59. The van der Waals surface area contributed by atoms with E-state index in [4.69, 9.17) is 23.2 Å². The van der Waals surface area contributed by atoms with E-state index in [1.54, 1.807) is 19.3 Å². The van der Waals surface area contributed by atoms with Crippen LogP contribution in [-0.4, -0.2) is 46.7 Å². The summed E-state index contributed by atoms with van der Waals surface area (Å²) in [5, 5.41) is 6.45. The van der Waals surface area contributed by atoms with Crippen molar-refractivity contribution in [1.29, 1.82) is 0 Å². The summed E-state index contributed by atoms with van der Waals surface area (Å²) in [6.07, 6.45) is 7.28. The SMILES string of the molecule is CC(NC(=O)c1ncnc(-c2ncc[nH]2)c1Cl)c1ncc(C(=O)Nc2ncc(Cl)c(C(C)(C)C)n2)s1. The Kier molecular flexibility index (Phi) is 7.29. The lowest BCUT2D eigenvalue weighted by molar-refractivity contribution is 0.0934. The molecule has 2 amide bonds. The molecule has 186 valence electrons. The molecule has 14 heteroatoms. The smallest absolute Gasteiger partial charge is 0.272 e. The maximum Gasteiger partial charge on any atom is 0.272 e. The quantitative estimate of drug-likeness (QED) is 0.321. The normalized spacial score (nSPS) is 12.3. The van der Waals surface area contributed by atoms with E-state index in [2.05, 4.69) is 45.5 Å². The first-order chi connectivity index (χ1) is 17.0. The zero-order valence-electron chi connectivity index (χ0n) is 19.6. The molecule has 36 heavy (non-hydrogen) atoms. The van der Waals surface area contributed by atoms with Crippen LogP contribution >= 0.6 is 34.5 Å². The van der Waals surface area contributed by atoms with Gasteiger partial charge < -0.3 is 10.3 Å². The molecule has 1 atom stereocenters. The zero-order chi connectivity index (χ0) is 26.0. The van der Waals surface area contributed by atoms with Crippen molar-refractivity contribution in [3.8, 4) is 11.5 Å². The lowest BCUT2D eigenvalue weighted by Gasteiger charge is -2.19. The number of aromatic amines is 1. The third-order valence-corrected chi connectivity index (χ3v) is 6.69. The highest BCUT2D eigenvalue weighted by molar-refractivity contribution is 7.13. The minimum Gasteiger partial charge on any atom is -0.343 e. The predicted molar refractivity (Wildman–Crippen MR) is 136 cm³/mol. The van der Waals surface area contributed by atoms with E-state index in [-0.39, 0.29) is 22.1 Å². The maximum absolute atomic E-state index is 12.8. The van der Waals surface area contributed by atoms with Gasteiger partial charge >= 0.3 is 0 Å². The maximum atomic E-state index is 12.8. The number of halogens is 2. The van der Waals surface area contributed by atoms with Crippen LogP contribution in [0.4, 0.5) is 5.95 Å². The number of aromatic nitrogens is 7. The second kappa shape index (κ2) is 10.2. The van der Waals surface area contributed by atoms with Crippen LogP contribution in [0.15, 0.2) is 31.1 Å². The van der Waals surface area contributed by atoms with E-state index in [1.165, 1.54) is 18.7 Å². The van der Waals surface area contributed by atoms with Crippen LogP contribution in [0.3, 0.4) is 0 Å². The van der Waals surface area contributed by atoms with Gasteiger partial charge in [-0.25, -0.2) is 29.9 Å². The number of thiazole rings is 1. The molecule has 0 aliphatic heterocycles. The molecule has 0 saturated carbocycles. The van der Waals surface area contributed by atoms with Crippen molar-refractivity contribution < 1.29 is 9.59 Å². The van der Waals surface area contributed by atoms with Crippen LogP contribution in [0.2, 0.25) is 10.0 Å². The van der Waals surface area contributed by atoms with Crippen molar-refractivity contribution in [3.05, 3.63) is 62.4 Å². The summed E-state index contributed by atoms with van der Waals surface area (Å²) < 4.78 is 0. The Balaban J connectivity index is 1.45. The molecule has 0 fully saturated rings. The van der Waals surface area contributed by atoms with E-state index < -0.39 is 17.9 Å². The molecule has 4 heterocycles. The molecular weight excluding hydrogens is 525 g/mol. The van der Waals surface area contributed by atoms with Gasteiger partial charge in [0.25, 0.3) is 11.8 Å². The van der Waals surface area contributed by atoms with Gasteiger partial charge in [-0.3, -0.25) is 14.9 Å². The van der Waals surface area contributed by atoms with Gasteiger partial charge in [0.2, 0.25) is 5.95 Å². The molecule has 11 nitrogen and oxygen atoms in total. The minimum atomic E-state index is -0.526.